The van der Waals surface area contributed by atoms with Gasteiger partial charge in [-0.1, -0.05) is 0 Å². The number of carboxylic acid groups (broad SMARTS) is 1. The van der Waals surface area contributed by atoms with Gasteiger partial charge in [-0.25, -0.2) is 9.78 Å². The van der Waals surface area contributed by atoms with E-state index < -0.39 is 6.09 Å². The molecule has 0 saturated heterocycles. The summed E-state index contributed by atoms with van der Waals surface area (Å²) in [6.45, 7) is 5.77. The van der Waals surface area contributed by atoms with Crippen molar-refractivity contribution in [1.29, 1.82) is 0 Å². The quantitative estimate of drug-likeness (QED) is 0.907. The molecule has 0 aromatic carbocycles. The van der Waals surface area contributed by atoms with E-state index in [0.29, 0.717) is 0 Å². The van der Waals surface area contributed by atoms with Gasteiger partial charge >= 0.3 is 6.09 Å². The molecule has 0 spiro atoms. The zero-order chi connectivity index (χ0) is 12.8. The van der Waals surface area contributed by atoms with E-state index in [0.717, 1.165) is 16.0 Å². The minimum absolute atomic E-state index is 0.0708. The second-order valence-electron chi connectivity index (χ2n) is 5.26. The number of nitrogens with zero attached hydrogens (tertiary/aromatic N) is 2. The summed E-state index contributed by atoms with van der Waals surface area (Å²) in [5.41, 5.74) is 0.640. The molecular formula is C11H15BrN2O2S. The number of thiazole rings is 1. The lowest BCUT2D eigenvalue weighted by Crippen LogP contribution is -2.46. The van der Waals surface area contributed by atoms with Crippen LogP contribution in [0, 0.1) is 0 Å². The molecule has 1 aliphatic rings. The number of hydrogen-bond donors (Lipinski definition) is 1. The van der Waals surface area contributed by atoms with E-state index in [4.69, 9.17) is 0 Å². The van der Waals surface area contributed by atoms with Crippen LogP contribution in [0.25, 0.3) is 0 Å². The highest BCUT2D eigenvalue weighted by Gasteiger charge is 2.49. The van der Waals surface area contributed by atoms with Crippen molar-refractivity contribution < 1.29 is 9.90 Å². The van der Waals surface area contributed by atoms with Crippen LogP contribution < -0.4 is 0 Å². The van der Waals surface area contributed by atoms with Crippen LogP contribution >= 0.6 is 27.3 Å². The van der Waals surface area contributed by atoms with Gasteiger partial charge in [0.25, 0.3) is 0 Å². The molecule has 1 aliphatic carbocycles. The van der Waals surface area contributed by atoms with E-state index in [1.807, 2.05) is 26.2 Å². The highest BCUT2D eigenvalue weighted by atomic mass is 79.9. The summed E-state index contributed by atoms with van der Waals surface area (Å²) in [5, 5.41) is 11.3. The van der Waals surface area contributed by atoms with Gasteiger partial charge in [0.15, 0.2) is 3.92 Å². The minimum Gasteiger partial charge on any atom is -0.465 e. The van der Waals surface area contributed by atoms with Crippen molar-refractivity contribution in [2.75, 3.05) is 0 Å². The monoisotopic (exact) mass is 318 g/mol. The van der Waals surface area contributed by atoms with Crippen LogP contribution in [-0.4, -0.2) is 32.7 Å². The third kappa shape index (κ3) is 2.63. The fourth-order valence-corrected chi connectivity index (χ4v) is 3.23. The van der Waals surface area contributed by atoms with Crippen LogP contribution in [0.3, 0.4) is 0 Å². The van der Waals surface area contributed by atoms with E-state index >= 15 is 0 Å². The molecule has 17 heavy (non-hydrogen) atoms. The van der Waals surface area contributed by atoms with Crippen LogP contribution in [0.15, 0.2) is 9.30 Å². The fourth-order valence-electron chi connectivity index (χ4n) is 2.14. The molecule has 1 aromatic heterocycles. The van der Waals surface area contributed by atoms with Gasteiger partial charge in [-0.2, -0.15) is 0 Å². The van der Waals surface area contributed by atoms with Crippen molar-refractivity contribution in [2.24, 2.45) is 0 Å². The molecule has 2 rings (SSSR count). The average Bonchev–Trinajstić information content (AvgIpc) is 2.77. The molecule has 1 fully saturated rings. The topological polar surface area (TPSA) is 53.4 Å². The lowest BCUT2D eigenvalue weighted by Gasteiger charge is -2.33. The van der Waals surface area contributed by atoms with Crippen LogP contribution in [0.1, 0.15) is 38.8 Å². The molecular weight excluding hydrogens is 304 g/mol. The first-order valence-electron chi connectivity index (χ1n) is 5.44. The number of halogens is 1. The summed E-state index contributed by atoms with van der Waals surface area (Å²) in [4.78, 5) is 17.2. The molecule has 6 heteroatoms. The van der Waals surface area contributed by atoms with Gasteiger partial charge in [0.2, 0.25) is 0 Å². The molecule has 2 atom stereocenters. The maximum absolute atomic E-state index is 11.3. The van der Waals surface area contributed by atoms with Crippen LogP contribution in [-0.2, 0) is 0 Å². The number of carbonyl (C=O) groups is 1. The predicted octanol–water partition coefficient (Wildman–Crippen LogP) is 3.54. The number of aromatic nitrogens is 1. The Labute approximate surface area is 113 Å². The Bertz CT molecular complexity index is 441. The van der Waals surface area contributed by atoms with E-state index in [-0.39, 0.29) is 17.5 Å². The standard InChI is InChI=1S/C11H15BrN2O2S/c1-11(2,3)14(10(15)16)8-4-6(8)7-5-17-9(12)13-7/h5-6,8H,4H2,1-3H3,(H,15,16). The SMILES string of the molecule is CC(C)(C)N(C(=O)O)C1CC1c1csc(Br)n1. The predicted molar refractivity (Wildman–Crippen MR) is 70.6 cm³/mol. The Morgan fingerprint density at radius 2 is 2.29 bits per heavy atom. The summed E-state index contributed by atoms with van der Waals surface area (Å²) in [6, 6.07) is 0.0708. The van der Waals surface area contributed by atoms with Gasteiger partial charge < -0.3 is 5.11 Å². The molecule has 1 heterocycles. The molecule has 4 nitrogen and oxygen atoms in total. The number of rotatable bonds is 2. The van der Waals surface area contributed by atoms with Gasteiger partial charge in [0.05, 0.1) is 5.69 Å². The van der Waals surface area contributed by atoms with Crippen molar-refractivity contribution in [2.45, 2.75) is 44.7 Å². The Morgan fingerprint density at radius 1 is 1.65 bits per heavy atom. The van der Waals surface area contributed by atoms with Gasteiger partial charge in [-0.05, 0) is 43.1 Å². The van der Waals surface area contributed by atoms with E-state index in [9.17, 15) is 9.90 Å². The molecule has 1 aromatic rings. The first-order chi connectivity index (χ1) is 7.80. The zero-order valence-corrected chi connectivity index (χ0v) is 12.4. The highest BCUT2D eigenvalue weighted by Crippen LogP contribution is 2.47. The van der Waals surface area contributed by atoms with Gasteiger partial charge in [0, 0.05) is 22.9 Å². The summed E-state index contributed by atoms with van der Waals surface area (Å²) in [5.74, 6) is 0.257. The normalized spacial score (nSPS) is 23.5. The summed E-state index contributed by atoms with van der Waals surface area (Å²) >= 11 is 4.87. The van der Waals surface area contributed by atoms with Crippen molar-refractivity contribution in [3.8, 4) is 0 Å². The average molecular weight is 319 g/mol. The second kappa shape index (κ2) is 4.24. The summed E-state index contributed by atoms with van der Waals surface area (Å²) in [6.07, 6.45) is 0.0269. The Hall–Kier alpha value is -0.620. The van der Waals surface area contributed by atoms with Gasteiger partial charge in [-0.15, -0.1) is 11.3 Å². The van der Waals surface area contributed by atoms with Crippen molar-refractivity contribution in [3.63, 3.8) is 0 Å². The van der Waals surface area contributed by atoms with Gasteiger partial charge in [0.1, 0.15) is 0 Å². The van der Waals surface area contributed by atoms with E-state index in [1.54, 1.807) is 16.2 Å². The van der Waals surface area contributed by atoms with Crippen LogP contribution in [0.5, 0.6) is 0 Å². The van der Waals surface area contributed by atoms with Gasteiger partial charge in [-0.3, -0.25) is 4.90 Å². The highest BCUT2D eigenvalue weighted by molar-refractivity contribution is 9.11. The van der Waals surface area contributed by atoms with E-state index in [2.05, 4.69) is 20.9 Å². The minimum atomic E-state index is -0.848. The maximum atomic E-state index is 11.3. The van der Waals surface area contributed by atoms with Crippen LogP contribution in [0.2, 0.25) is 0 Å². The Kier molecular flexibility index (Phi) is 3.20. The van der Waals surface area contributed by atoms with Crippen molar-refractivity contribution in [3.05, 3.63) is 15.0 Å². The Balaban J connectivity index is 2.13. The Morgan fingerprint density at radius 3 is 2.71 bits per heavy atom. The fraction of sp³-hybridized carbons (Fsp3) is 0.636. The second-order valence-corrected chi connectivity index (χ2v) is 7.39. The molecule has 1 saturated carbocycles. The lowest BCUT2D eigenvalue weighted by atomic mass is 10.1. The molecule has 1 N–H and O–H groups in total. The number of amides is 1. The first-order valence-corrected chi connectivity index (χ1v) is 7.11. The summed E-state index contributed by atoms with van der Waals surface area (Å²) in [7, 11) is 0. The molecule has 0 aliphatic heterocycles. The maximum Gasteiger partial charge on any atom is 0.408 e. The molecule has 2 unspecified atom stereocenters. The smallest absolute Gasteiger partial charge is 0.408 e. The third-order valence-corrected chi connectivity index (χ3v) is 4.27. The van der Waals surface area contributed by atoms with Crippen molar-refractivity contribution in [1.82, 2.24) is 9.88 Å². The lowest BCUT2D eigenvalue weighted by molar-refractivity contribution is 0.0939. The number of hydrogen-bond acceptors (Lipinski definition) is 3. The first kappa shape index (κ1) is 12.8. The van der Waals surface area contributed by atoms with E-state index in [1.165, 1.54) is 0 Å². The third-order valence-electron chi connectivity index (χ3n) is 2.89. The summed E-state index contributed by atoms with van der Waals surface area (Å²) < 4.78 is 0.857. The largest absolute Gasteiger partial charge is 0.465 e. The molecule has 94 valence electrons. The van der Waals surface area contributed by atoms with Crippen molar-refractivity contribution >= 4 is 33.4 Å². The van der Waals surface area contributed by atoms with Crippen LogP contribution in [0.4, 0.5) is 4.79 Å². The molecule has 0 bridgehead atoms. The zero-order valence-electron chi connectivity index (χ0n) is 9.98. The molecule has 1 amide bonds. The molecule has 0 radical (unpaired) electrons.